The number of benzene rings is 1. The van der Waals surface area contributed by atoms with Crippen LogP contribution in [0.15, 0.2) is 30.5 Å². The molecule has 2 aromatic rings. The summed E-state index contributed by atoms with van der Waals surface area (Å²) in [5.74, 6) is -0.166. The zero-order valence-corrected chi connectivity index (χ0v) is 14.2. The lowest BCUT2D eigenvalue weighted by molar-refractivity contribution is 0.153. The van der Waals surface area contributed by atoms with Gasteiger partial charge in [-0.15, -0.1) is 23.7 Å². The maximum atomic E-state index is 13.5. The van der Waals surface area contributed by atoms with E-state index in [9.17, 15) is 4.39 Å². The van der Waals surface area contributed by atoms with Gasteiger partial charge < -0.3 is 5.32 Å². The third kappa shape index (κ3) is 4.04. The average Bonchev–Trinajstić information content (AvgIpc) is 2.95. The topological polar surface area (TPSA) is 28.2 Å². The highest BCUT2D eigenvalue weighted by Crippen LogP contribution is 2.26. The zero-order chi connectivity index (χ0) is 14.7. The van der Waals surface area contributed by atoms with Crippen LogP contribution in [0.3, 0.4) is 0 Å². The molecule has 1 aliphatic heterocycles. The number of rotatable bonds is 4. The van der Waals surface area contributed by atoms with E-state index in [0.717, 1.165) is 43.2 Å². The highest BCUT2D eigenvalue weighted by molar-refractivity contribution is 7.11. The third-order valence-corrected chi connectivity index (χ3v) is 5.00. The molecule has 0 spiro atoms. The lowest BCUT2D eigenvalue weighted by atomic mass is 10.0. The minimum absolute atomic E-state index is 0. The first-order valence-electron chi connectivity index (χ1n) is 7.40. The Bertz CT molecular complexity index is 605. The summed E-state index contributed by atoms with van der Waals surface area (Å²) < 4.78 is 13.5. The van der Waals surface area contributed by atoms with Crippen molar-refractivity contribution < 1.29 is 4.39 Å². The summed E-state index contributed by atoms with van der Waals surface area (Å²) in [5, 5.41) is 4.55. The van der Waals surface area contributed by atoms with Gasteiger partial charge in [0.25, 0.3) is 0 Å². The summed E-state index contributed by atoms with van der Waals surface area (Å²) in [6.45, 7) is 5.78. The van der Waals surface area contributed by atoms with Gasteiger partial charge in [-0.1, -0.05) is 19.1 Å². The highest BCUT2D eigenvalue weighted by Gasteiger charge is 2.24. The van der Waals surface area contributed by atoms with Gasteiger partial charge in [-0.25, -0.2) is 9.37 Å². The van der Waals surface area contributed by atoms with Crippen LogP contribution >= 0.6 is 23.7 Å². The summed E-state index contributed by atoms with van der Waals surface area (Å²) in [5.41, 5.74) is 1.04. The van der Waals surface area contributed by atoms with Gasteiger partial charge in [0.2, 0.25) is 0 Å². The third-order valence-electron chi connectivity index (χ3n) is 3.88. The fourth-order valence-corrected chi connectivity index (χ4v) is 3.62. The molecule has 0 radical (unpaired) electrons. The molecule has 1 saturated heterocycles. The van der Waals surface area contributed by atoms with Gasteiger partial charge in [-0.3, -0.25) is 4.90 Å². The predicted octanol–water partition coefficient (Wildman–Crippen LogP) is 3.41. The standard InChI is InChI=1S/C16H20FN3S.ClH/c1-2-14-9-19-16(21-14)11-20-7-6-18-10-15(20)12-4-3-5-13(17)8-12;/h3-5,8-9,15,18H,2,6-7,10-11H2,1H3;1H. The molecule has 0 bridgehead atoms. The smallest absolute Gasteiger partial charge is 0.123 e. The van der Waals surface area contributed by atoms with Crippen molar-refractivity contribution in [2.45, 2.75) is 25.9 Å². The van der Waals surface area contributed by atoms with Gasteiger partial charge in [0.05, 0.1) is 6.54 Å². The van der Waals surface area contributed by atoms with Crippen LogP contribution in [0.1, 0.15) is 28.4 Å². The van der Waals surface area contributed by atoms with Crippen molar-refractivity contribution >= 4 is 23.7 Å². The number of nitrogens with one attached hydrogen (secondary N) is 1. The molecule has 3 nitrogen and oxygen atoms in total. The fourth-order valence-electron chi connectivity index (χ4n) is 2.74. The first-order chi connectivity index (χ1) is 10.3. The Kier molecular flexibility index (Phi) is 6.32. The molecule has 1 N–H and O–H groups in total. The molecule has 0 saturated carbocycles. The summed E-state index contributed by atoms with van der Waals surface area (Å²) >= 11 is 1.78. The largest absolute Gasteiger partial charge is 0.314 e. The Morgan fingerprint density at radius 3 is 3.05 bits per heavy atom. The number of aromatic nitrogens is 1. The number of nitrogens with zero attached hydrogens (tertiary/aromatic N) is 2. The van der Waals surface area contributed by atoms with Crippen molar-refractivity contribution in [3.8, 4) is 0 Å². The summed E-state index contributed by atoms with van der Waals surface area (Å²) in [7, 11) is 0. The first kappa shape index (κ1) is 17.3. The average molecular weight is 342 g/mol. The molecule has 120 valence electrons. The van der Waals surface area contributed by atoms with Crippen molar-refractivity contribution in [2.24, 2.45) is 0 Å². The first-order valence-corrected chi connectivity index (χ1v) is 8.21. The van der Waals surface area contributed by atoms with Crippen LogP contribution in [0, 0.1) is 5.82 Å². The monoisotopic (exact) mass is 341 g/mol. The van der Waals surface area contributed by atoms with Crippen LogP contribution in [0.2, 0.25) is 0 Å². The number of halogens is 2. The molecule has 22 heavy (non-hydrogen) atoms. The molecule has 1 atom stereocenters. The molecule has 0 aliphatic carbocycles. The van der Waals surface area contributed by atoms with E-state index in [-0.39, 0.29) is 24.3 Å². The van der Waals surface area contributed by atoms with E-state index in [2.05, 4.69) is 22.1 Å². The molecule has 1 aliphatic rings. The minimum Gasteiger partial charge on any atom is -0.314 e. The van der Waals surface area contributed by atoms with E-state index in [1.54, 1.807) is 23.5 Å². The quantitative estimate of drug-likeness (QED) is 0.923. The van der Waals surface area contributed by atoms with Crippen LogP contribution in [0.5, 0.6) is 0 Å². The summed E-state index contributed by atoms with van der Waals surface area (Å²) in [6.07, 6.45) is 3.01. The summed E-state index contributed by atoms with van der Waals surface area (Å²) in [4.78, 5) is 8.22. The molecule has 1 unspecified atom stereocenters. The number of hydrogen-bond donors (Lipinski definition) is 1. The maximum Gasteiger partial charge on any atom is 0.123 e. The van der Waals surface area contributed by atoms with E-state index < -0.39 is 0 Å². The Morgan fingerprint density at radius 2 is 2.32 bits per heavy atom. The predicted molar refractivity (Wildman–Crippen MR) is 91.2 cm³/mol. The highest BCUT2D eigenvalue weighted by atomic mass is 35.5. The molecular weight excluding hydrogens is 321 g/mol. The normalized spacial score (nSPS) is 18.9. The molecule has 3 rings (SSSR count). The van der Waals surface area contributed by atoms with Gasteiger partial charge in [-0.05, 0) is 24.1 Å². The van der Waals surface area contributed by atoms with E-state index in [1.807, 2.05) is 12.3 Å². The second-order valence-electron chi connectivity index (χ2n) is 5.32. The van der Waals surface area contributed by atoms with Crippen molar-refractivity contribution in [1.82, 2.24) is 15.2 Å². The number of hydrogen-bond acceptors (Lipinski definition) is 4. The van der Waals surface area contributed by atoms with Crippen LogP contribution in [0.25, 0.3) is 0 Å². The van der Waals surface area contributed by atoms with Crippen molar-refractivity contribution in [3.05, 3.63) is 51.7 Å². The Morgan fingerprint density at radius 1 is 1.45 bits per heavy atom. The molecular formula is C16H21ClFN3S. The fraction of sp³-hybridized carbons (Fsp3) is 0.438. The number of aryl methyl sites for hydroxylation is 1. The molecule has 1 aromatic heterocycles. The molecule has 6 heteroatoms. The maximum absolute atomic E-state index is 13.5. The van der Waals surface area contributed by atoms with Crippen LogP contribution in [-0.2, 0) is 13.0 Å². The van der Waals surface area contributed by atoms with Gasteiger partial charge >= 0.3 is 0 Å². The van der Waals surface area contributed by atoms with Crippen LogP contribution in [0.4, 0.5) is 4.39 Å². The lowest BCUT2D eigenvalue weighted by Crippen LogP contribution is -2.45. The van der Waals surface area contributed by atoms with E-state index in [1.165, 1.54) is 10.9 Å². The second-order valence-corrected chi connectivity index (χ2v) is 6.52. The SMILES string of the molecule is CCc1cnc(CN2CCNCC2c2cccc(F)c2)s1.Cl. The van der Waals surface area contributed by atoms with E-state index >= 15 is 0 Å². The van der Waals surface area contributed by atoms with Crippen molar-refractivity contribution in [1.29, 1.82) is 0 Å². The van der Waals surface area contributed by atoms with Gasteiger partial charge in [0, 0.05) is 36.8 Å². The molecule has 0 amide bonds. The van der Waals surface area contributed by atoms with Crippen LogP contribution < -0.4 is 5.32 Å². The molecule has 1 aromatic carbocycles. The summed E-state index contributed by atoms with van der Waals surface area (Å²) in [6, 6.07) is 7.15. The number of piperazine rings is 1. The van der Waals surface area contributed by atoms with Gasteiger partial charge in [0.15, 0.2) is 0 Å². The van der Waals surface area contributed by atoms with Gasteiger partial charge in [-0.2, -0.15) is 0 Å². The number of thiazole rings is 1. The van der Waals surface area contributed by atoms with E-state index in [0.29, 0.717) is 0 Å². The zero-order valence-electron chi connectivity index (χ0n) is 12.6. The molecule has 1 fully saturated rings. The second kappa shape index (κ2) is 8.02. The Hall–Kier alpha value is -1.01. The minimum atomic E-state index is -0.166. The van der Waals surface area contributed by atoms with Crippen molar-refractivity contribution in [3.63, 3.8) is 0 Å². The molecule has 2 heterocycles. The lowest BCUT2D eigenvalue weighted by Gasteiger charge is -2.36. The Labute approximate surface area is 141 Å². The van der Waals surface area contributed by atoms with Crippen molar-refractivity contribution in [2.75, 3.05) is 19.6 Å². The Balaban J connectivity index is 0.00000176. The van der Waals surface area contributed by atoms with Gasteiger partial charge in [0.1, 0.15) is 10.8 Å². The van der Waals surface area contributed by atoms with Crippen LogP contribution in [-0.4, -0.2) is 29.5 Å². The van der Waals surface area contributed by atoms with E-state index in [4.69, 9.17) is 0 Å².